The molecular weight excluding hydrogens is 260 g/mol. The molecule has 0 radical (unpaired) electrons. The Morgan fingerprint density at radius 2 is 1.71 bits per heavy atom. The molecule has 0 heterocycles. The SMILES string of the molecule is COc1ccc(CN(C)c2ccc(CCN)cc2C)cc1. The fraction of sp³-hybridized carbons (Fsp3) is 0.333. The Balaban J connectivity index is 2.10. The van der Waals surface area contributed by atoms with Gasteiger partial charge in [-0.05, 0) is 54.8 Å². The van der Waals surface area contributed by atoms with E-state index in [0.29, 0.717) is 6.54 Å². The first-order chi connectivity index (χ1) is 10.1. The summed E-state index contributed by atoms with van der Waals surface area (Å²) < 4.78 is 5.19. The fourth-order valence-electron chi connectivity index (χ4n) is 2.56. The Labute approximate surface area is 127 Å². The molecule has 0 amide bonds. The van der Waals surface area contributed by atoms with Gasteiger partial charge in [0.05, 0.1) is 7.11 Å². The molecule has 0 spiro atoms. The number of rotatable bonds is 6. The van der Waals surface area contributed by atoms with Crippen molar-refractivity contribution < 1.29 is 4.74 Å². The molecule has 112 valence electrons. The first-order valence-corrected chi connectivity index (χ1v) is 7.27. The molecule has 0 fully saturated rings. The molecule has 2 rings (SSSR count). The van der Waals surface area contributed by atoms with Crippen molar-refractivity contribution in [3.05, 3.63) is 59.2 Å². The van der Waals surface area contributed by atoms with Gasteiger partial charge in [0.1, 0.15) is 5.75 Å². The first kappa shape index (κ1) is 15.4. The van der Waals surface area contributed by atoms with Crippen LogP contribution in [0, 0.1) is 6.92 Å². The molecule has 0 aliphatic carbocycles. The fourth-order valence-corrected chi connectivity index (χ4v) is 2.56. The second-order valence-corrected chi connectivity index (χ2v) is 5.36. The molecule has 0 unspecified atom stereocenters. The zero-order chi connectivity index (χ0) is 15.2. The van der Waals surface area contributed by atoms with Crippen molar-refractivity contribution in [1.82, 2.24) is 0 Å². The molecular formula is C18H24N2O. The van der Waals surface area contributed by atoms with Crippen molar-refractivity contribution in [2.45, 2.75) is 19.9 Å². The molecule has 2 N–H and O–H groups in total. The lowest BCUT2D eigenvalue weighted by molar-refractivity contribution is 0.414. The zero-order valence-corrected chi connectivity index (χ0v) is 13.1. The first-order valence-electron chi connectivity index (χ1n) is 7.27. The molecule has 0 saturated carbocycles. The van der Waals surface area contributed by atoms with E-state index in [1.54, 1.807) is 7.11 Å². The number of benzene rings is 2. The molecule has 3 heteroatoms. The average molecular weight is 284 g/mol. The molecule has 0 atom stereocenters. The van der Waals surface area contributed by atoms with Gasteiger partial charge < -0.3 is 15.4 Å². The molecule has 0 aromatic heterocycles. The Morgan fingerprint density at radius 1 is 1.05 bits per heavy atom. The maximum Gasteiger partial charge on any atom is 0.118 e. The highest BCUT2D eigenvalue weighted by Crippen LogP contribution is 2.22. The third-order valence-corrected chi connectivity index (χ3v) is 3.68. The maximum absolute atomic E-state index is 5.61. The Bertz CT molecular complexity index is 578. The number of aryl methyl sites for hydroxylation is 1. The van der Waals surface area contributed by atoms with E-state index in [0.717, 1.165) is 18.7 Å². The highest BCUT2D eigenvalue weighted by Gasteiger charge is 2.06. The van der Waals surface area contributed by atoms with Crippen LogP contribution in [0.1, 0.15) is 16.7 Å². The molecule has 3 nitrogen and oxygen atoms in total. The van der Waals surface area contributed by atoms with Crippen LogP contribution in [0.4, 0.5) is 5.69 Å². The van der Waals surface area contributed by atoms with Gasteiger partial charge in [-0.15, -0.1) is 0 Å². The van der Waals surface area contributed by atoms with Gasteiger partial charge in [-0.3, -0.25) is 0 Å². The highest BCUT2D eigenvalue weighted by atomic mass is 16.5. The molecule has 0 aliphatic heterocycles. The van der Waals surface area contributed by atoms with Gasteiger partial charge in [0, 0.05) is 19.3 Å². The number of methoxy groups -OCH3 is 1. The third kappa shape index (κ3) is 3.99. The van der Waals surface area contributed by atoms with Crippen LogP contribution in [0.25, 0.3) is 0 Å². The number of anilines is 1. The molecule has 21 heavy (non-hydrogen) atoms. The minimum atomic E-state index is 0.695. The van der Waals surface area contributed by atoms with Crippen LogP contribution in [-0.2, 0) is 13.0 Å². The summed E-state index contributed by atoms with van der Waals surface area (Å²) in [5.74, 6) is 0.892. The predicted molar refractivity (Wildman–Crippen MR) is 89.0 cm³/mol. The maximum atomic E-state index is 5.61. The Morgan fingerprint density at radius 3 is 2.29 bits per heavy atom. The van der Waals surface area contributed by atoms with Crippen LogP contribution in [0.2, 0.25) is 0 Å². The number of ether oxygens (including phenoxy) is 1. The third-order valence-electron chi connectivity index (χ3n) is 3.68. The summed E-state index contributed by atoms with van der Waals surface area (Å²) in [6.07, 6.45) is 0.934. The minimum absolute atomic E-state index is 0.695. The van der Waals surface area contributed by atoms with Crippen molar-refractivity contribution in [2.24, 2.45) is 5.73 Å². The van der Waals surface area contributed by atoms with Gasteiger partial charge >= 0.3 is 0 Å². The average Bonchev–Trinajstić information content (AvgIpc) is 2.48. The quantitative estimate of drug-likeness (QED) is 0.885. The van der Waals surface area contributed by atoms with E-state index in [1.807, 2.05) is 12.1 Å². The van der Waals surface area contributed by atoms with Crippen molar-refractivity contribution in [1.29, 1.82) is 0 Å². The lowest BCUT2D eigenvalue weighted by atomic mass is 10.1. The van der Waals surface area contributed by atoms with E-state index >= 15 is 0 Å². The Kier molecular flexibility index (Phi) is 5.23. The summed E-state index contributed by atoms with van der Waals surface area (Å²) in [5.41, 5.74) is 10.7. The second-order valence-electron chi connectivity index (χ2n) is 5.36. The van der Waals surface area contributed by atoms with E-state index < -0.39 is 0 Å². The van der Waals surface area contributed by atoms with Gasteiger partial charge in [-0.2, -0.15) is 0 Å². The van der Waals surface area contributed by atoms with Crippen LogP contribution < -0.4 is 15.4 Å². The molecule has 2 aromatic carbocycles. The topological polar surface area (TPSA) is 38.5 Å². The van der Waals surface area contributed by atoms with E-state index in [9.17, 15) is 0 Å². The van der Waals surface area contributed by atoms with Crippen molar-refractivity contribution in [3.8, 4) is 5.75 Å². The lowest BCUT2D eigenvalue weighted by Gasteiger charge is -2.22. The number of hydrogen-bond donors (Lipinski definition) is 1. The van der Waals surface area contributed by atoms with Crippen molar-refractivity contribution in [2.75, 3.05) is 25.6 Å². The van der Waals surface area contributed by atoms with E-state index in [1.165, 1.54) is 22.4 Å². The number of hydrogen-bond acceptors (Lipinski definition) is 3. The van der Waals surface area contributed by atoms with E-state index in [2.05, 4.69) is 49.2 Å². The van der Waals surface area contributed by atoms with Crippen LogP contribution in [-0.4, -0.2) is 20.7 Å². The minimum Gasteiger partial charge on any atom is -0.497 e. The second kappa shape index (κ2) is 7.14. The van der Waals surface area contributed by atoms with E-state index in [-0.39, 0.29) is 0 Å². The lowest BCUT2D eigenvalue weighted by Crippen LogP contribution is -2.17. The summed E-state index contributed by atoms with van der Waals surface area (Å²) in [4.78, 5) is 2.27. The molecule has 0 aliphatic rings. The summed E-state index contributed by atoms with van der Waals surface area (Å²) in [7, 11) is 3.81. The highest BCUT2D eigenvalue weighted by molar-refractivity contribution is 5.54. The summed E-state index contributed by atoms with van der Waals surface area (Å²) in [6.45, 7) is 3.72. The monoisotopic (exact) mass is 284 g/mol. The van der Waals surface area contributed by atoms with Crippen molar-refractivity contribution in [3.63, 3.8) is 0 Å². The summed E-state index contributed by atoms with van der Waals surface area (Å²) >= 11 is 0. The largest absolute Gasteiger partial charge is 0.497 e. The smallest absolute Gasteiger partial charge is 0.118 e. The number of nitrogens with zero attached hydrogens (tertiary/aromatic N) is 1. The zero-order valence-electron chi connectivity index (χ0n) is 13.1. The normalized spacial score (nSPS) is 10.5. The van der Waals surface area contributed by atoms with Gasteiger partial charge in [0.2, 0.25) is 0 Å². The summed E-state index contributed by atoms with van der Waals surface area (Å²) in [6, 6.07) is 14.8. The predicted octanol–water partition coefficient (Wildman–Crippen LogP) is 3.14. The van der Waals surface area contributed by atoms with Crippen LogP contribution in [0.5, 0.6) is 5.75 Å². The number of nitrogens with two attached hydrogens (primary N) is 1. The van der Waals surface area contributed by atoms with Crippen LogP contribution in [0.15, 0.2) is 42.5 Å². The van der Waals surface area contributed by atoms with Crippen molar-refractivity contribution >= 4 is 5.69 Å². The van der Waals surface area contributed by atoms with E-state index in [4.69, 9.17) is 10.5 Å². The molecule has 0 bridgehead atoms. The standard InChI is InChI=1S/C18H24N2O/c1-14-12-15(10-11-19)6-9-18(14)20(2)13-16-4-7-17(21-3)8-5-16/h4-9,12H,10-11,13,19H2,1-3H3. The molecule has 2 aromatic rings. The van der Waals surface area contributed by atoms with Gasteiger partial charge in [0.25, 0.3) is 0 Å². The molecule has 0 saturated heterocycles. The van der Waals surface area contributed by atoms with Crippen LogP contribution in [0.3, 0.4) is 0 Å². The summed E-state index contributed by atoms with van der Waals surface area (Å²) in [5, 5.41) is 0. The van der Waals surface area contributed by atoms with Gasteiger partial charge in [-0.1, -0.05) is 24.3 Å². The van der Waals surface area contributed by atoms with Gasteiger partial charge in [0.15, 0.2) is 0 Å². The Hall–Kier alpha value is -2.00. The van der Waals surface area contributed by atoms with Gasteiger partial charge in [-0.25, -0.2) is 0 Å². The van der Waals surface area contributed by atoms with Crippen LogP contribution >= 0.6 is 0 Å².